The van der Waals surface area contributed by atoms with Gasteiger partial charge in [0, 0.05) is 0 Å². The molecule has 0 amide bonds. The second kappa shape index (κ2) is 6.54. The summed E-state index contributed by atoms with van der Waals surface area (Å²) in [5.41, 5.74) is 6.66. The van der Waals surface area contributed by atoms with Gasteiger partial charge < -0.3 is 5.73 Å². The predicted molar refractivity (Wildman–Crippen MR) is 65.2 cm³/mol. The standard InChI is InChI=1S/C9H8Cl3N.ClH/c10-7(9(11)12)8(13)6-4-2-1-3-5-6;/h1-5,8H,13H2;1H. The van der Waals surface area contributed by atoms with Crippen molar-refractivity contribution in [1.29, 1.82) is 0 Å². The molecule has 1 atom stereocenters. The van der Waals surface area contributed by atoms with E-state index in [0.717, 1.165) is 5.56 Å². The van der Waals surface area contributed by atoms with Crippen LogP contribution in [0, 0.1) is 0 Å². The second-order valence-corrected chi connectivity index (χ2v) is 3.85. The van der Waals surface area contributed by atoms with Gasteiger partial charge in [-0.3, -0.25) is 0 Å². The monoisotopic (exact) mass is 271 g/mol. The number of benzene rings is 1. The van der Waals surface area contributed by atoms with E-state index in [4.69, 9.17) is 40.5 Å². The zero-order valence-electron chi connectivity index (χ0n) is 7.08. The molecule has 0 aliphatic carbocycles. The molecule has 0 bridgehead atoms. The van der Waals surface area contributed by atoms with E-state index in [-0.39, 0.29) is 21.9 Å². The van der Waals surface area contributed by atoms with Gasteiger partial charge in [-0.05, 0) is 5.56 Å². The third-order valence-corrected chi connectivity index (χ3v) is 2.64. The van der Waals surface area contributed by atoms with E-state index in [9.17, 15) is 0 Å². The van der Waals surface area contributed by atoms with Gasteiger partial charge in [0.1, 0.15) is 4.49 Å². The smallest absolute Gasteiger partial charge is 0.123 e. The minimum atomic E-state index is -0.451. The first-order chi connectivity index (χ1) is 6.13. The van der Waals surface area contributed by atoms with Gasteiger partial charge >= 0.3 is 0 Å². The molecule has 0 aliphatic heterocycles. The van der Waals surface area contributed by atoms with Gasteiger partial charge in [0.25, 0.3) is 0 Å². The zero-order valence-corrected chi connectivity index (χ0v) is 10.2. The van der Waals surface area contributed by atoms with Gasteiger partial charge in [-0.15, -0.1) is 12.4 Å². The number of rotatable bonds is 2. The highest BCUT2D eigenvalue weighted by atomic mass is 35.5. The van der Waals surface area contributed by atoms with Crippen molar-refractivity contribution in [3.05, 3.63) is 45.4 Å². The molecule has 1 aromatic rings. The van der Waals surface area contributed by atoms with Gasteiger partial charge in [-0.2, -0.15) is 0 Å². The summed E-state index contributed by atoms with van der Waals surface area (Å²) in [6, 6.07) is 8.93. The van der Waals surface area contributed by atoms with Crippen molar-refractivity contribution in [3.8, 4) is 0 Å². The van der Waals surface area contributed by atoms with Crippen LogP contribution < -0.4 is 5.73 Å². The average molecular weight is 273 g/mol. The predicted octanol–water partition coefficient (Wildman–Crippen LogP) is 3.99. The minimum absolute atomic E-state index is 0. The Balaban J connectivity index is 0.00000169. The third-order valence-electron chi connectivity index (χ3n) is 1.61. The molecule has 5 heteroatoms. The fourth-order valence-corrected chi connectivity index (χ4v) is 1.29. The Bertz CT molecular complexity index is 306. The van der Waals surface area contributed by atoms with Crippen LogP contribution in [0.25, 0.3) is 0 Å². The normalized spacial score (nSPS) is 11.4. The van der Waals surface area contributed by atoms with E-state index in [1.807, 2.05) is 30.3 Å². The SMILES string of the molecule is Cl.NC(C(Cl)=C(Cl)Cl)c1ccccc1. The first-order valence-corrected chi connectivity index (χ1v) is 4.77. The highest BCUT2D eigenvalue weighted by Crippen LogP contribution is 2.28. The van der Waals surface area contributed by atoms with Crippen LogP contribution in [-0.4, -0.2) is 0 Å². The van der Waals surface area contributed by atoms with Crippen LogP contribution in [0.15, 0.2) is 39.9 Å². The van der Waals surface area contributed by atoms with Crippen LogP contribution in [0.2, 0.25) is 0 Å². The van der Waals surface area contributed by atoms with E-state index in [1.165, 1.54) is 0 Å². The van der Waals surface area contributed by atoms with Crippen molar-refractivity contribution in [1.82, 2.24) is 0 Å². The number of nitrogens with two attached hydrogens (primary N) is 1. The third kappa shape index (κ3) is 3.68. The molecule has 1 aromatic carbocycles. The summed E-state index contributed by atoms with van der Waals surface area (Å²) in [6.07, 6.45) is 0. The lowest BCUT2D eigenvalue weighted by Crippen LogP contribution is -2.10. The molecule has 0 saturated heterocycles. The molecule has 0 aliphatic rings. The lowest BCUT2D eigenvalue weighted by atomic mass is 10.1. The summed E-state index contributed by atoms with van der Waals surface area (Å²) >= 11 is 16.8. The van der Waals surface area contributed by atoms with Crippen LogP contribution in [-0.2, 0) is 0 Å². The lowest BCUT2D eigenvalue weighted by Gasteiger charge is -2.10. The van der Waals surface area contributed by atoms with Gasteiger partial charge in [0.15, 0.2) is 0 Å². The van der Waals surface area contributed by atoms with Gasteiger partial charge in [0.2, 0.25) is 0 Å². The molecule has 0 aromatic heterocycles. The van der Waals surface area contributed by atoms with Gasteiger partial charge in [-0.25, -0.2) is 0 Å². The molecule has 0 saturated carbocycles. The summed E-state index contributed by atoms with van der Waals surface area (Å²) in [4.78, 5) is 0. The van der Waals surface area contributed by atoms with Crippen LogP contribution in [0.1, 0.15) is 11.6 Å². The summed E-state index contributed by atoms with van der Waals surface area (Å²) in [5.74, 6) is 0. The maximum absolute atomic E-state index is 5.79. The van der Waals surface area contributed by atoms with Crippen LogP contribution in [0.4, 0.5) is 0 Å². The largest absolute Gasteiger partial charge is 0.319 e. The van der Waals surface area contributed by atoms with Crippen LogP contribution in [0.5, 0.6) is 0 Å². The van der Waals surface area contributed by atoms with Crippen molar-refractivity contribution in [2.24, 2.45) is 5.73 Å². The summed E-state index contributed by atoms with van der Waals surface area (Å²) in [6.45, 7) is 0. The fourth-order valence-electron chi connectivity index (χ4n) is 0.924. The van der Waals surface area contributed by atoms with Crippen molar-refractivity contribution in [3.63, 3.8) is 0 Å². The summed E-state index contributed by atoms with van der Waals surface area (Å²) < 4.78 is 0.0121. The highest BCUT2D eigenvalue weighted by molar-refractivity contribution is 6.59. The lowest BCUT2D eigenvalue weighted by molar-refractivity contribution is 0.893. The van der Waals surface area contributed by atoms with E-state index < -0.39 is 6.04 Å². The summed E-state index contributed by atoms with van der Waals surface area (Å²) in [7, 11) is 0. The average Bonchev–Trinajstić information content (AvgIpc) is 2.17. The molecule has 0 spiro atoms. The Morgan fingerprint density at radius 1 is 1.07 bits per heavy atom. The second-order valence-electron chi connectivity index (χ2n) is 2.50. The van der Waals surface area contributed by atoms with E-state index >= 15 is 0 Å². The molecule has 2 N–H and O–H groups in total. The molecule has 1 nitrogen and oxygen atoms in total. The van der Waals surface area contributed by atoms with E-state index in [1.54, 1.807) is 0 Å². The van der Waals surface area contributed by atoms with Crippen molar-refractivity contribution >= 4 is 47.2 Å². The number of hydrogen-bond acceptors (Lipinski definition) is 1. The van der Waals surface area contributed by atoms with E-state index in [0.29, 0.717) is 0 Å². The molecule has 14 heavy (non-hydrogen) atoms. The maximum atomic E-state index is 5.79. The minimum Gasteiger partial charge on any atom is -0.319 e. The quantitative estimate of drug-likeness (QED) is 0.866. The molecule has 78 valence electrons. The van der Waals surface area contributed by atoms with Crippen LogP contribution >= 0.6 is 47.2 Å². The number of hydrogen-bond donors (Lipinski definition) is 1. The van der Waals surface area contributed by atoms with E-state index in [2.05, 4.69) is 0 Å². The zero-order chi connectivity index (χ0) is 9.84. The Morgan fingerprint density at radius 2 is 1.57 bits per heavy atom. The molecule has 0 fully saturated rings. The summed E-state index contributed by atoms with van der Waals surface area (Å²) in [5, 5.41) is 0.259. The maximum Gasteiger partial charge on any atom is 0.123 e. The Morgan fingerprint density at radius 3 is 2.00 bits per heavy atom. The molecule has 0 radical (unpaired) electrons. The topological polar surface area (TPSA) is 26.0 Å². The Kier molecular flexibility index (Phi) is 6.58. The number of halogens is 4. The van der Waals surface area contributed by atoms with Gasteiger partial charge in [0.05, 0.1) is 11.1 Å². The molecule has 0 heterocycles. The highest BCUT2D eigenvalue weighted by Gasteiger charge is 2.11. The molecular formula is C9H9Cl4N. The fraction of sp³-hybridized carbons (Fsp3) is 0.111. The van der Waals surface area contributed by atoms with Crippen molar-refractivity contribution in [2.75, 3.05) is 0 Å². The first-order valence-electron chi connectivity index (χ1n) is 3.64. The molecule has 1 rings (SSSR count). The molecule has 1 unspecified atom stereocenters. The first kappa shape index (κ1) is 14.1. The Labute approximate surface area is 104 Å². The molecular weight excluding hydrogens is 264 g/mol. The van der Waals surface area contributed by atoms with Gasteiger partial charge in [-0.1, -0.05) is 65.1 Å². The van der Waals surface area contributed by atoms with Crippen molar-refractivity contribution < 1.29 is 0 Å². The van der Waals surface area contributed by atoms with Crippen molar-refractivity contribution in [2.45, 2.75) is 6.04 Å². The Hall–Kier alpha value is 0.0800. The van der Waals surface area contributed by atoms with Crippen LogP contribution in [0.3, 0.4) is 0 Å².